The van der Waals surface area contributed by atoms with Gasteiger partial charge in [0, 0.05) is 29.7 Å². The van der Waals surface area contributed by atoms with Gasteiger partial charge in [0.25, 0.3) is 0 Å². The maximum absolute atomic E-state index is 11.6. The number of nitrogens with two attached hydrogens (primary N) is 1. The van der Waals surface area contributed by atoms with Crippen LogP contribution in [0.3, 0.4) is 0 Å². The number of fused-ring (bicyclic) bond motifs is 1. The van der Waals surface area contributed by atoms with Crippen LogP contribution in [0.15, 0.2) is 16.6 Å². The summed E-state index contributed by atoms with van der Waals surface area (Å²) in [5.74, 6) is 1.83. The summed E-state index contributed by atoms with van der Waals surface area (Å²) in [6.07, 6.45) is 1.36. The van der Waals surface area contributed by atoms with Crippen molar-refractivity contribution >= 4 is 38.7 Å². The molecule has 1 aromatic carbocycles. The lowest BCUT2D eigenvalue weighted by atomic mass is 9.72. The Labute approximate surface area is 204 Å². The average molecular weight is 512 g/mol. The zero-order valence-corrected chi connectivity index (χ0v) is 22.3. The molecule has 176 valence electrons. The summed E-state index contributed by atoms with van der Waals surface area (Å²) < 4.78 is 3.38. The van der Waals surface area contributed by atoms with Crippen molar-refractivity contribution in [3.63, 3.8) is 0 Å². The number of primary amides is 1. The van der Waals surface area contributed by atoms with E-state index in [4.69, 9.17) is 15.7 Å². The lowest BCUT2D eigenvalue weighted by Gasteiger charge is -2.44. The average Bonchev–Trinajstić information content (AvgIpc) is 2.92. The molecule has 0 spiro atoms. The van der Waals surface area contributed by atoms with Crippen molar-refractivity contribution in [1.82, 2.24) is 14.5 Å². The molecule has 6 nitrogen and oxygen atoms in total. The quantitative estimate of drug-likeness (QED) is 0.504. The number of benzene rings is 1. The molecule has 1 aliphatic rings. The lowest BCUT2D eigenvalue weighted by molar-refractivity contribution is -0.120. The standard InChI is InChI=1S/C26H34BrN5O/c1-14-10-20(27)11-15(2)23(14)32-17(4)16(3)22-24(29-18(5)30-25(22)32)31-9-8-19(12-21(28)33)26(6,7)13-31/h10-11,19H,8-9,12-13H2,1-7H3,(H2,28,33). The SMILES string of the molecule is Cc1nc(N2CCC(CC(N)=O)C(C)(C)C2)c2c(C)c(C)n(-c3c(C)cc(Br)cc3C)c2n1. The Morgan fingerprint density at radius 3 is 2.36 bits per heavy atom. The summed E-state index contributed by atoms with van der Waals surface area (Å²) in [5.41, 5.74) is 12.4. The summed E-state index contributed by atoms with van der Waals surface area (Å²) >= 11 is 3.63. The summed E-state index contributed by atoms with van der Waals surface area (Å²) in [6, 6.07) is 4.31. The van der Waals surface area contributed by atoms with Gasteiger partial charge in [-0.15, -0.1) is 0 Å². The van der Waals surface area contributed by atoms with Crippen molar-refractivity contribution < 1.29 is 4.79 Å². The van der Waals surface area contributed by atoms with Crippen molar-refractivity contribution in [2.45, 2.75) is 61.3 Å². The highest BCUT2D eigenvalue weighted by atomic mass is 79.9. The van der Waals surface area contributed by atoms with Crippen LogP contribution in [0.5, 0.6) is 0 Å². The topological polar surface area (TPSA) is 77.0 Å². The molecule has 0 aliphatic carbocycles. The Morgan fingerprint density at radius 2 is 1.79 bits per heavy atom. The van der Waals surface area contributed by atoms with Crippen molar-refractivity contribution in [1.29, 1.82) is 0 Å². The third-order valence-electron chi connectivity index (χ3n) is 7.33. The Bertz CT molecular complexity index is 1240. The Hall–Kier alpha value is -2.41. The van der Waals surface area contributed by atoms with E-state index < -0.39 is 0 Å². The molecule has 2 N–H and O–H groups in total. The predicted molar refractivity (Wildman–Crippen MR) is 138 cm³/mol. The maximum atomic E-state index is 11.6. The van der Waals surface area contributed by atoms with Crippen molar-refractivity contribution in [3.8, 4) is 5.69 Å². The second-order valence-electron chi connectivity index (χ2n) is 10.3. The van der Waals surface area contributed by atoms with Crippen LogP contribution in [0, 0.1) is 46.0 Å². The lowest BCUT2D eigenvalue weighted by Crippen LogP contribution is -2.47. The molecule has 1 amide bonds. The van der Waals surface area contributed by atoms with Crippen LogP contribution in [-0.2, 0) is 4.79 Å². The van der Waals surface area contributed by atoms with Gasteiger partial charge in [-0.1, -0.05) is 29.8 Å². The van der Waals surface area contributed by atoms with Gasteiger partial charge >= 0.3 is 0 Å². The molecule has 1 fully saturated rings. The van der Waals surface area contributed by atoms with Gasteiger partial charge in [0.05, 0.1) is 11.1 Å². The van der Waals surface area contributed by atoms with Gasteiger partial charge in [0.15, 0.2) is 5.65 Å². The van der Waals surface area contributed by atoms with Gasteiger partial charge in [0.2, 0.25) is 5.91 Å². The van der Waals surface area contributed by atoms with Gasteiger partial charge in [-0.05, 0) is 81.2 Å². The molecule has 1 aliphatic heterocycles. The maximum Gasteiger partial charge on any atom is 0.217 e. The fourth-order valence-corrected chi connectivity index (χ4v) is 6.20. The van der Waals surface area contributed by atoms with Crippen LogP contribution in [0.1, 0.15) is 54.9 Å². The molecule has 0 radical (unpaired) electrons. The monoisotopic (exact) mass is 511 g/mol. The van der Waals surface area contributed by atoms with E-state index in [1.54, 1.807) is 0 Å². The Balaban J connectivity index is 1.88. The van der Waals surface area contributed by atoms with Crippen LogP contribution in [-0.4, -0.2) is 33.5 Å². The molecule has 1 atom stereocenters. The second kappa shape index (κ2) is 8.42. The number of aromatic nitrogens is 3. The number of aryl methyl sites for hydroxylation is 4. The Morgan fingerprint density at radius 1 is 1.15 bits per heavy atom. The Kier molecular flexibility index (Phi) is 6.06. The van der Waals surface area contributed by atoms with E-state index in [2.05, 4.69) is 79.1 Å². The van der Waals surface area contributed by atoms with Crippen LogP contribution in [0.25, 0.3) is 16.7 Å². The van der Waals surface area contributed by atoms with Crippen LogP contribution in [0.2, 0.25) is 0 Å². The molecule has 0 bridgehead atoms. The van der Waals surface area contributed by atoms with Gasteiger partial charge in [0.1, 0.15) is 11.6 Å². The summed E-state index contributed by atoms with van der Waals surface area (Å²) in [6.45, 7) is 16.8. The number of halogens is 1. The molecule has 0 saturated carbocycles. The molecule has 1 unspecified atom stereocenters. The van der Waals surface area contributed by atoms with Gasteiger partial charge in [-0.2, -0.15) is 0 Å². The van der Waals surface area contributed by atoms with Gasteiger partial charge in [-0.25, -0.2) is 9.97 Å². The zero-order chi connectivity index (χ0) is 24.2. The van der Waals surface area contributed by atoms with Crippen molar-refractivity contribution in [2.75, 3.05) is 18.0 Å². The number of carbonyl (C=O) groups is 1. The molecule has 1 saturated heterocycles. The number of piperidine rings is 1. The van der Waals surface area contributed by atoms with E-state index in [0.717, 1.165) is 46.7 Å². The van der Waals surface area contributed by atoms with Crippen LogP contribution in [0.4, 0.5) is 5.82 Å². The molecule has 7 heteroatoms. The van der Waals surface area contributed by atoms with E-state index in [9.17, 15) is 4.79 Å². The van der Waals surface area contributed by atoms with E-state index >= 15 is 0 Å². The molecule has 3 aromatic rings. The number of rotatable bonds is 4. The third kappa shape index (κ3) is 4.16. The largest absolute Gasteiger partial charge is 0.370 e. The molecule has 2 aromatic heterocycles. The molecular weight excluding hydrogens is 478 g/mol. The number of hydrogen-bond donors (Lipinski definition) is 1. The first-order valence-electron chi connectivity index (χ1n) is 11.6. The summed E-state index contributed by atoms with van der Waals surface area (Å²) in [7, 11) is 0. The first-order valence-corrected chi connectivity index (χ1v) is 12.4. The highest BCUT2D eigenvalue weighted by molar-refractivity contribution is 9.10. The molecule has 33 heavy (non-hydrogen) atoms. The van der Waals surface area contributed by atoms with Crippen molar-refractivity contribution in [2.24, 2.45) is 17.1 Å². The van der Waals surface area contributed by atoms with Crippen LogP contribution < -0.4 is 10.6 Å². The highest BCUT2D eigenvalue weighted by Crippen LogP contribution is 2.42. The van der Waals surface area contributed by atoms with E-state index in [-0.39, 0.29) is 17.2 Å². The highest BCUT2D eigenvalue weighted by Gasteiger charge is 2.38. The van der Waals surface area contributed by atoms with E-state index in [0.29, 0.717) is 6.42 Å². The number of amides is 1. The zero-order valence-electron chi connectivity index (χ0n) is 20.7. The van der Waals surface area contributed by atoms with E-state index in [1.165, 1.54) is 28.1 Å². The fraction of sp³-hybridized carbons (Fsp3) is 0.500. The number of carbonyl (C=O) groups excluding carboxylic acids is 1. The van der Waals surface area contributed by atoms with Crippen LogP contribution >= 0.6 is 15.9 Å². The smallest absolute Gasteiger partial charge is 0.217 e. The molecular formula is C26H34BrN5O. The molecule has 4 rings (SSSR count). The number of hydrogen-bond acceptors (Lipinski definition) is 4. The first-order chi connectivity index (χ1) is 15.4. The van der Waals surface area contributed by atoms with E-state index in [1.807, 2.05) is 6.92 Å². The fourth-order valence-electron chi connectivity index (χ4n) is 5.51. The minimum Gasteiger partial charge on any atom is -0.370 e. The van der Waals surface area contributed by atoms with Gasteiger partial charge in [-0.3, -0.25) is 9.36 Å². The normalized spacial score (nSPS) is 18.2. The summed E-state index contributed by atoms with van der Waals surface area (Å²) in [5, 5.41) is 1.11. The minimum absolute atomic E-state index is 0.0388. The third-order valence-corrected chi connectivity index (χ3v) is 7.78. The number of anilines is 1. The predicted octanol–water partition coefficient (Wildman–Crippen LogP) is 5.45. The first kappa shape index (κ1) is 23.7. The minimum atomic E-state index is -0.217. The van der Waals surface area contributed by atoms with Crippen molar-refractivity contribution in [3.05, 3.63) is 44.8 Å². The second-order valence-corrected chi connectivity index (χ2v) is 11.2. The number of nitrogens with zero attached hydrogens (tertiary/aromatic N) is 4. The summed E-state index contributed by atoms with van der Waals surface area (Å²) in [4.78, 5) is 23.9. The van der Waals surface area contributed by atoms with Gasteiger partial charge < -0.3 is 10.6 Å². The molecule has 3 heterocycles.